The zero-order chi connectivity index (χ0) is 53.0. The maximum atomic E-state index is 4.76. The van der Waals surface area contributed by atoms with Crippen LogP contribution in [0.15, 0.2) is 0 Å². The summed E-state index contributed by atoms with van der Waals surface area (Å²) in [5.41, 5.74) is 36.7. The molecule has 0 unspecified atom stereocenters. The van der Waals surface area contributed by atoms with Crippen molar-refractivity contribution < 1.29 is 221 Å². The predicted molar refractivity (Wildman–Crippen MR) is 346 cm³/mol. The third-order valence-corrected chi connectivity index (χ3v) is 14.1. The van der Waals surface area contributed by atoms with Crippen molar-refractivity contribution in [2.24, 2.45) is 0 Å². The molecule has 0 nitrogen and oxygen atoms in total. The van der Waals surface area contributed by atoms with Crippen LogP contribution in [0.1, 0.15) is 139 Å². The van der Waals surface area contributed by atoms with E-state index in [1.54, 1.807) is 0 Å². The van der Waals surface area contributed by atoms with E-state index in [0.717, 1.165) is 0 Å². The van der Waals surface area contributed by atoms with E-state index in [-0.39, 0.29) is 405 Å². The van der Waals surface area contributed by atoms with Gasteiger partial charge in [0.25, 0.3) is 0 Å². The molecule has 0 atom stereocenters. The quantitative estimate of drug-likeness (QED) is 0.0824. The first-order valence-corrected chi connectivity index (χ1v) is 26.8. The van der Waals surface area contributed by atoms with E-state index >= 15 is 0 Å². The second-order valence-corrected chi connectivity index (χ2v) is 20.2. The van der Waals surface area contributed by atoms with Gasteiger partial charge in [-0.15, -0.1) is 116 Å². The fourth-order valence-corrected chi connectivity index (χ4v) is 7.03. The molecule has 0 N–H and O–H groups in total. The van der Waals surface area contributed by atoms with Crippen molar-refractivity contribution in [3.05, 3.63) is 139 Å². The van der Waals surface area contributed by atoms with Crippen LogP contribution in [0.4, 0.5) is 0 Å². The molecule has 0 saturated heterocycles. The van der Waals surface area contributed by atoms with Crippen molar-refractivity contribution >= 4 is 273 Å². The minimum absolute atomic E-state index is 0. The Morgan fingerprint density at radius 2 is 0.202 bits per heavy atom. The Labute approximate surface area is 817 Å². The van der Waals surface area contributed by atoms with Gasteiger partial charge < -0.3 is 221 Å². The summed E-state index contributed by atoms with van der Waals surface area (Å²) in [6.07, 6.45) is 0. The van der Waals surface area contributed by atoms with Crippen molar-refractivity contribution in [1.29, 1.82) is 0 Å². The summed E-state index contributed by atoms with van der Waals surface area (Å²) in [7, 11) is 0. The van der Waals surface area contributed by atoms with Crippen LogP contribution in [0.25, 0.3) is 0 Å². The van der Waals surface area contributed by atoms with Crippen LogP contribution in [0.5, 0.6) is 0 Å². The van der Waals surface area contributed by atoms with Crippen molar-refractivity contribution in [1.82, 2.24) is 0 Å². The standard InChI is InChI=1S/5C10H15.5CH2Cl2.6Bi.13BrH/c5*1-6-7(2)9(4)10(5)8(6)3;5*2-1-3;;;;;;;;;;;;;;;;;;;/h5*1-5H3;5*1H2;;;;;;;13*1H/q5*-1;;;;;;6*+3;;;;;;;;;;;;;/p-13. The minimum Gasteiger partial charge on any atom is -1.00 e. The van der Waals surface area contributed by atoms with Crippen LogP contribution in [0, 0.1) is 173 Å². The van der Waals surface area contributed by atoms with Crippen LogP contribution in [-0.4, -0.2) is 184 Å². The van der Waals surface area contributed by atoms with Gasteiger partial charge in [0.05, 0.1) is 26.7 Å². The van der Waals surface area contributed by atoms with Gasteiger partial charge in [-0.25, -0.2) is 0 Å². The van der Waals surface area contributed by atoms with Gasteiger partial charge in [-0.2, -0.15) is 139 Å². The zero-order valence-corrected chi connectivity index (χ0v) is 101. The molecule has 0 bridgehead atoms. The van der Waals surface area contributed by atoms with E-state index in [1.165, 1.54) is 139 Å². The third-order valence-electron chi connectivity index (χ3n) is 14.1. The number of halogens is 23. The topological polar surface area (TPSA) is 0 Å². The molecular weight excluding hydrogens is 3310 g/mol. The van der Waals surface area contributed by atoms with Crippen LogP contribution in [0.2, 0.25) is 0 Å². The summed E-state index contributed by atoms with van der Waals surface area (Å²) >= 11 is 47.6. The Morgan fingerprint density at radius 3 is 0.214 bits per heavy atom. The van der Waals surface area contributed by atoms with Gasteiger partial charge in [0.2, 0.25) is 0 Å². The summed E-state index contributed by atoms with van der Waals surface area (Å²) in [5.74, 6) is 0. The first-order valence-electron chi connectivity index (χ1n) is 21.4. The number of alkyl halides is 10. The fraction of sp³-hybridized carbons (Fsp3) is 0.545. The molecule has 84 heavy (non-hydrogen) atoms. The van der Waals surface area contributed by atoms with Crippen molar-refractivity contribution in [3.8, 4) is 0 Å². The molecular formula is C55H85Bi6Br13Cl10. The molecule has 5 rings (SSSR count). The second kappa shape index (κ2) is 98.4. The van der Waals surface area contributed by atoms with E-state index in [0.29, 0.717) is 0 Å². The summed E-state index contributed by atoms with van der Waals surface area (Å²) in [5, 5.41) is 0.972. The maximum absolute atomic E-state index is 4.76. The molecule has 0 saturated carbocycles. The molecule has 0 fully saturated rings. The van der Waals surface area contributed by atoms with Crippen molar-refractivity contribution in [3.63, 3.8) is 0 Å². The largest absolute Gasteiger partial charge is 3.00 e. The first kappa shape index (κ1) is 167. The zero-order valence-electron chi connectivity index (χ0n) is 52.4. The predicted octanol–water partition coefficient (Wildman–Crippen LogP) is -19.4. The molecule has 0 aromatic heterocycles. The van der Waals surface area contributed by atoms with Crippen LogP contribution in [-0.2, 0) is 0 Å². The van der Waals surface area contributed by atoms with Crippen LogP contribution >= 0.6 is 116 Å². The summed E-state index contributed by atoms with van der Waals surface area (Å²) in [6.45, 7) is 55.0. The first-order chi connectivity index (χ1) is 29.8. The molecule has 29 heteroatoms. The van der Waals surface area contributed by atoms with Crippen molar-refractivity contribution in [2.45, 2.75) is 173 Å². The molecule has 0 aliphatic carbocycles. The number of rotatable bonds is 0. The van der Waals surface area contributed by atoms with Gasteiger partial charge in [0.15, 0.2) is 0 Å². The van der Waals surface area contributed by atoms with E-state index in [9.17, 15) is 0 Å². The number of hydrogen-bond acceptors (Lipinski definition) is 0. The van der Waals surface area contributed by atoms with E-state index < -0.39 is 0 Å². The van der Waals surface area contributed by atoms with Gasteiger partial charge in [0.1, 0.15) is 0 Å². The SMILES string of the molecule is Cc1c(C)c(C)[c-](C)c1C.Cc1c(C)c(C)[c-](C)c1C.Cc1c(C)c(C)[c-](C)c1C.Cc1c(C)c(C)[c-](C)c1C.Cc1c(C)c(C)[c-](C)c1C.ClCCl.ClCCl.ClCCl.ClCCl.ClCCl.[Bi+3].[Bi+3].[Bi+3].[Bi+3].[Bi+3].[Bi+3].[Br-].[Br-].[Br-].[Br-].[Br-].[Br-].[Br-].[Br-].[Br-].[Br-].[Br-].[Br-].[Br-]. The summed E-state index contributed by atoms with van der Waals surface area (Å²) in [4.78, 5) is 0. The van der Waals surface area contributed by atoms with Gasteiger partial charge in [-0.1, -0.05) is 173 Å². The van der Waals surface area contributed by atoms with Crippen molar-refractivity contribution in [2.75, 3.05) is 26.7 Å². The molecule has 0 amide bonds. The van der Waals surface area contributed by atoms with E-state index in [4.69, 9.17) is 116 Å². The van der Waals surface area contributed by atoms with Gasteiger partial charge in [-0.3, -0.25) is 0 Å². The monoisotopic (exact) mass is 3380 g/mol. The molecule has 0 aliphatic rings. The maximum Gasteiger partial charge on any atom is 3.00 e. The van der Waals surface area contributed by atoms with Gasteiger partial charge in [-0.05, 0) is 0 Å². The Kier molecular flexibility index (Phi) is 195. The minimum atomic E-state index is 0. The second-order valence-electron chi connectivity index (χ2n) is 16.1. The third kappa shape index (κ3) is 64.1. The average Bonchev–Trinajstić information content (AvgIpc) is 3.77. The Morgan fingerprint density at radius 1 is 0.167 bits per heavy atom. The molecule has 12 radical (unpaired) electrons. The molecule has 0 spiro atoms. The molecule has 0 aliphatic heterocycles. The normalized spacial score (nSPS) is 7.32. The van der Waals surface area contributed by atoms with E-state index in [1.807, 2.05) is 0 Å². The molecule has 5 aromatic carbocycles. The average molecular weight is 3390 g/mol. The summed E-state index contributed by atoms with van der Waals surface area (Å²) in [6, 6.07) is 0. The Hall–Kier alpha value is 11.2. The van der Waals surface area contributed by atoms with Crippen LogP contribution in [0.3, 0.4) is 0 Å². The molecule has 0 heterocycles. The van der Waals surface area contributed by atoms with E-state index in [2.05, 4.69) is 173 Å². The fourth-order valence-electron chi connectivity index (χ4n) is 7.03. The van der Waals surface area contributed by atoms with Crippen LogP contribution < -0.4 is 221 Å². The summed E-state index contributed by atoms with van der Waals surface area (Å²) < 4.78 is 0. The van der Waals surface area contributed by atoms with Gasteiger partial charge in [0, 0.05) is 0 Å². The smallest absolute Gasteiger partial charge is 1.00 e. The molecule has 5 aromatic rings. The Balaban J connectivity index is -0.0000000218. The van der Waals surface area contributed by atoms with Gasteiger partial charge >= 0.3 is 157 Å². The Bertz CT molecular complexity index is 1380. The molecule has 496 valence electrons. The number of hydrogen-bond donors (Lipinski definition) is 0.